The van der Waals surface area contributed by atoms with Crippen LogP contribution in [0, 0.1) is 0 Å². The summed E-state index contributed by atoms with van der Waals surface area (Å²) >= 11 is 0. The lowest BCUT2D eigenvalue weighted by Crippen LogP contribution is -2.36. The van der Waals surface area contributed by atoms with Gasteiger partial charge in [0, 0.05) is 68.7 Å². The van der Waals surface area contributed by atoms with Crippen molar-refractivity contribution in [3.05, 3.63) is 35.4 Å². The Hall–Kier alpha value is -4.88. The van der Waals surface area contributed by atoms with Crippen LogP contribution in [0.2, 0.25) is 0 Å². The number of hydrogen-bond donors (Lipinski definition) is 2. The fraction of sp³-hybridized carbons (Fsp3) is 0.543. The highest BCUT2D eigenvalue weighted by molar-refractivity contribution is 6.01. The van der Waals surface area contributed by atoms with Crippen molar-refractivity contribution in [1.82, 2.24) is 9.80 Å². The van der Waals surface area contributed by atoms with Crippen molar-refractivity contribution in [2.45, 2.75) is 84.1 Å². The average Bonchev–Trinajstić information content (AvgIpc) is 3.66. The molecule has 268 valence electrons. The first-order chi connectivity index (χ1) is 23.4. The highest BCUT2D eigenvalue weighted by Gasteiger charge is 2.38. The SMILES string of the molecule is CCC1CC(OC(C)=O)CN1C(=O)c1cc(OC)c(OCCCOc2cc(N)c(C(=O)N3CC(OC(C)=O)CC3CC)cc2OC)cc1N. The second kappa shape index (κ2) is 16.5. The molecule has 0 spiro atoms. The van der Waals surface area contributed by atoms with Gasteiger partial charge >= 0.3 is 11.9 Å². The molecule has 0 saturated carbocycles. The minimum Gasteiger partial charge on any atom is -0.493 e. The van der Waals surface area contributed by atoms with Crippen LogP contribution in [0.4, 0.5) is 11.4 Å². The molecule has 0 aliphatic carbocycles. The number of ether oxygens (including phenoxy) is 6. The first-order valence-corrected chi connectivity index (χ1v) is 16.6. The van der Waals surface area contributed by atoms with Crippen LogP contribution in [0.15, 0.2) is 24.3 Å². The number of carbonyl (C=O) groups is 4. The second-order valence-corrected chi connectivity index (χ2v) is 12.2. The van der Waals surface area contributed by atoms with Crippen molar-refractivity contribution in [2.75, 3.05) is 52.0 Å². The van der Waals surface area contributed by atoms with Gasteiger partial charge in [0.05, 0.1) is 51.6 Å². The normalized spacial score (nSPS) is 20.1. The summed E-state index contributed by atoms with van der Waals surface area (Å²) in [6, 6.07) is 6.09. The number of nitrogen functional groups attached to an aromatic ring is 2. The first kappa shape index (κ1) is 36.9. The zero-order valence-electron chi connectivity index (χ0n) is 29.1. The number of benzene rings is 2. The monoisotopic (exact) mass is 684 g/mol. The number of anilines is 2. The molecule has 2 aliphatic heterocycles. The van der Waals surface area contributed by atoms with E-state index in [9.17, 15) is 19.2 Å². The van der Waals surface area contributed by atoms with Crippen molar-refractivity contribution in [2.24, 2.45) is 0 Å². The largest absolute Gasteiger partial charge is 0.493 e. The van der Waals surface area contributed by atoms with Gasteiger partial charge in [-0.2, -0.15) is 0 Å². The van der Waals surface area contributed by atoms with Gasteiger partial charge < -0.3 is 49.7 Å². The Morgan fingerprint density at radius 3 is 1.39 bits per heavy atom. The molecule has 0 aromatic heterocycles. The van der Waals surface area contributed by atoms with Gasteiger partial charge in [-0.25, -0.2) is 0 Å². The third kappa shape index (κ3) is 8.78. The Labute approximate surface area is 286 Å². The third-order valence-electron chi connectivity index (χ3n) is 8.82. The van der Waals surface area contributed by atoms with E-state index in [1.54, 1.807) is 34.1 Å². The molecule has 4 unspecified atom stereocenters. The number of methoxy groups -OCH3 is 2. The minimum atomic E-state index is -0.379. The third-order valence-corrected chi connectivity index (χ3v) is 8.82. The van der Waals surface area contributed by atoms with Crippen LogP contribution >= 0.6 is 0 Å². The van der Waals surface area contributed by atoms with Crippen LogP contribution in [-0.2, 0) is 19.1 Å². The topological polar surface area (TPSA) is 182 Å². The molecule has 4 atom stereocenters. The lowest BCUT2D eigenvalue weighted by atomic mass is 10.1. The van der Waals surface area contributed by atoms with Crippen molar-refractivity contribution < 1.29 is 47.6 Å². The molecule has 2 saturated heterocycles. The molecule has 14 nitrogen and oxygen atoms in total. The molecule has 0 radical (unpaired) electrons. The summed E-state index contributed by atoms with van der Waals surface area (Å²) in [5.74, 6) is 0.141. The van der Waals surface area contributed by atoms with Gasteiger partial charge in [0.1, 0.15) is 12.2 Å². The van der Waals surface area contributed by atoms with Gasteiger partial charge in [-0.3, -0.25) is 19.2 Å². The summed E-state index contributed by atoms with van der Waals surface area (Å²) < 4.78 is 33.6. The summed E-state index contributed by atoms with van der Waals surface area (Å²) in [4.78, 5) is 53.3. The fourth-order valence-corrected chi connectivity index (χ4v) is 6.46. The summed E-state index contributed by atoms with van der Waals surface area (Å²) in [5, 5.41) is 0. The second-order valence-electron chi connectivity index (χ2n) is 12.2. The predicted molar refractivity (Wildman–Crippen MR) is 181 cm³/mol. The molecule has 2 fully saturated rings. The number of esters is 2. The number of carbonyl (C=O) groups excluding carboxylic acids is 4. The minimum absolute atomic E-state index is 0.0798. The van der Waals surface area contributed by atoms with Crippen LogP contribution < -0.4 is 30.4 Å². The number of likely N-dealkylation sites (tertiary alicyclic amines) is 2. The molecule has 2 amide bonds. The van der Waals surface area contributed by atoms with Gasteiger partial charge in [-0.1, -0.05) is 13.8 Å². The zero-order chi connectivity index (χ0) is 35.8. The number of rotatable bonds is 14. The molecule has 2 aromatic rings. The lowest BCUT2D eigenvalue weighted by Gasteiger charge is -2.24. The van der Waals surface area contributed by atoms with E-state index in [0.29, 0.717) is 68.2 Å². The summed E-state index contributed by atoms with van der Waals surface area (Å²) in [6.07, 6.45) is 2.30. The summed E-state index contributed by atoms with van der Waals surface area (Å²) in [6.45, 7) is 7.74. The van der Waals surface area contributed by atoms with E-state index in [0.717, 1.165) is 0 Å². The van der Waals surface area contributed by atoms with E-state index in [-0.39, 0.29) is 83.8 Å². The summed E-state index contributed by atoms with van der Waals surface area (Å²) in [7, 11) is 2.96. The van der Waals surface area contributed by atoms with Gasteiger partial charge in [0.25, 0.3) is 11.8 Å². The predicted octanol–water partition coefficient (Wildman–Crippen LogP) is 3.83. The standard InChI is InChI=1S/C35H48N4O10/c1-7-22-12-24(48-20(3)40)18-38(22)34(42)26-14-30(44-5)32(16-28(26)36)46-10-9-11-47-33-17-29(37)27(15-31(33)45-6)35(43)39-19-25(49-21(4)41)13-23(39)8-2/h14-17,22-25H,7-13,18-19,36-37H2,1-6H3. The molecule has 4 N–H and O–H groups in total. The Kier molecular flexibility index (Phi) is 12.4. The van der Waals surface area contributed by atoms with E-state index in [1.807, 2.05) is 13.8 Å². The van der Waals surface area contributed by atoms with Gasteiger partial charge in [0.15, 0.2) is 23.0 Å². The molecular formula is C35H48N4O10. The summed E-state index contributed by atoms with van der Waals surface area (Å²) in [5.41, 5.74) is 13.7. The fourth-order valence-electron chi connectivity index (χ4n) is 6.46. The molecule has 2 aromatic carbocycles. The Morgan fingerprint density at radius 2 is 1.06 bits per heavy atom. The van der Waals surface area contributed by atoms with E-state index < -0.39 is 0 Å². The first-order valence-electron chi connectivity index (χ1n) is 16.6. The van der Waals surface area contributed by atoms with Crippen LogP contribution in [-0.4, -0.2) is 98.4 Å². The van der Waals surface area contributed by atoms with E-state index in [2.05, 4.69) is 0 Å². The molecule has 0 bridgehead atoms. The van der Waals surface area contributed by atoms with Gasteiger partial charge in [-0.05, 0) is 25.0 Å². The average molecular weight is 685 g/mol. The Bertz CT molecular complexity index is 1420. The zero-order valence-corrected chi connectivity index (χ0v) is 29.1. The molecular weight excluding hydrogens is 636 g/mol. The van der Waals surface area contributed by atoms with E-state index in [4.69, 9.17) is 39.9 Å². The number of nitrogens with two attached hydrogens (primary N) is 2. The highest BCUT2D eigenvalue weighted by atomic mass is 16.6. The van der Waals surface area contributed by atoms with Crippen LogP contribution in [0.25, 0.3) is 0 Å². The van der Waals surface area contributed by atoms with Gasteiger partial charge in [-0.15, -0.1) is 0 Å². The number of nitrogens with zero attached hydrogens (tertiary/aromatic N) is 2. The van der Waals surface area contributed by atoms with Crippen LogP contribution in [0.5, 0.6) is 23.0 Å². The smallest absolute Gasteiger partial charge is 0.302 e. The Morgan fingerprint density at radius 1 is 0.673 bits per heavy atom. The maximum absolute atomic E-state index is 13.5. The molecule has 49 heavy (non-hydrogen) atoms. The molecule has 2 aliphatic rings. The molecule has 4 rings (SSSR count). The van der Waals surface area contributed by atoms with Crippen molar-refractivity contribution in [1.29, 1.82) is 0 Å². The van der Waals surface area contributed by atoms with Crippen LogP contribution in [0.1, 0.15) is 80.5 Å². The van der Waals surface area contributed by atoms with Gasteiger partial charge in [0.2, 0.25) is 0 Å². The van der Waals surface area contributed by atoms with Crippen molar-refractivity contribution in [3.8, 4) is 23.0 Å². The van der Waals surface area contributed by atoms with Crippen molar-refractivity contribution >= 4 is 35.1 Å². The maximum Gasteiger partial charge on any atom is 0.302 e. The Balaban J connectivity index is 1.36. The van der Waals surface area contributed by atoms with E-state index >= 15 is 0 Å². The highest BCUT2D eigenvalue weighted by Crippen LogP contribution is 2.36. The van der Waals surface area contributed by atoms with Crippen molar-refractivity contribution in [3.63, 3.8) is 0 Å². The maximum atomic E-state index is 13.5. The lowest BCUT2D eigenvalue weighted by molar-refractivity contribution is -0.146. The molecule has 14 heteroatoms. The molecule has 2 heterocycles. The van der Waals surface area contributed by atoms with E-state index in [1.165, 1.54) is 28.1 Å². The number of hydrogen-bond acceptors (Lipinski definition) is 12. The number of amides is 2. The quantitative estimate of drug-likeness (QED) is 0.167. The van der Waals surface area contributed by atoms with Crippen LogP contribution in [0.3, 0.4) is 0 Å².